The van der Waals surface area contributed by atoms with E-state index in [1.165, 1.54) is 0 Å². The molecular weight excluding hydrogens is 190 g/mol. The summed E-state index contributed by atoms with van der Waals surface area (Å²) in [5.41, 5.74) is 5.75. The standard InChI is InChI=1S/C11H25N3O/c1-5-7-14(9-8-13(3)4)11(15)10(12)6-2/h10H,5-9,12H2,1-4H3/t10-/m0/s1. The molecule has 1 amide bonds. The first kappa shape index (κ1) is 14.4. The van der Waals surface area contributed by atoms with Crippen LogP contribution in [0.4, 0.5) is 0 Å². The number of carbonyl (C=O) groups excluding carboxylic acids is 1. The minimum atomic E-state index is -0.335. The Morgan fingerprint density at radius 2 is 1.80 bits per heavy atom. The van der Waals surface area contributed by atoms with Crippen molar-refractivity contribution in [2.75, 3.05) is 33.7 Å². The maximum absolute atomic E-state index is 11.9. The second-order valence-corrected chi connectivity index (χ2v) is 4.14. The SMILES string of the molecule is CCCN(CCN(C)C)C(=O)[C@@H](N)CC. The summed E-state index contributed by atoms with van der Waals surface area (Å²) >= 11 is 0. The third-order valence-electron chi connectivity index (χ3n) is 2.38. The molecule has 1 atom stereocenters. The van der Waals surface area contributed by atoms with Crippen LogP contribution in [0.25, 0.3) is 0 Å². The molecule has 4 heteroatoms. The van der Waals surface area contributed by atoms with Gasteiger partial charge in [0, 0.05) is 19.6 Å². The van der Waals surface area contributed by atoms with Crippen LogP contribution in [0.3, 0.4) is 0 Å². The summed E-state index contributed by atoms with van der Waals surface area (Å²) in [6, 6.07) is -0.335. The van der Waals surface area contributed by atoms with Crippen molar-refractivity contribution < 1.29 is 4.79 Å². The Morgan fingerprint density at radius 3 is 2.20 bits per heavy atom. The van der Waals surface area contributed by atoms with Crippen molar-refractivity contribution in [3.05, 3.63) is 0 Å². The molecule has 0 heterocycles. The molecule has 0 unspecified atom stereocenters. The molecule has 0 fully saturated rings. The number of carbonyl (C=O) groups is 1. The molecule has 0 aromatic rings. The van der Waals surface area contributed by atoms with Gasteiger partial charge in [-0.25, -0.2) is 0 Å². The first-order valence-corrected chi connectivity index (χ1v) is 5.72. The summed E-state index contributed by atoms with van der Waals surface area (Å²) in [5, 5.41) is 0. The molecule has 0 spiro atoms. The highest BCUT2D eigenvalue weighted by Gasteiger charge is 2.18. The summed E-state index contributed by atoms with van der Waals surface area (Å²) in [5.74, 6) is 0.0844. The number of nitrogens with two attached hydrogens (primary N) is 1. The molecule has 2 N–H and O–H groups in total. The van der Waals surface area contributed by atoms with Crippen molar-refractivity contribution in [1.82, 2.24) is 9.80 Å². The number of hydrogen-bond acceptors (Lipinski definition) is 3. The average molecular weight is 215 g/mol. The van der Waals surface area contributed by atoms with Crippen molar-refractivity contribution in [1.29, 1.82) is 0 Å². The highest BCUT2D eigenvalue weighted by molar-refractivity contribution is 5.81. The van der Waals surface area contributed by atoms with Crippen molar-refractivity contribution in [3.63, 3.8) is 0 Å². The molecule has 0 saturated carbocycles. The zero-order valence-corrected chi connectivity index (χ0v) is 10.5. The summed E-state index contributed by atoms with van der Waals surface area (Å²) in [6.45, 7) is 6.49. The first-order valence-electron chi connectivity index (χ1n) is 5.72. The Kier molecular flexibility index (Phi) is 7.34. The van der Waals surface area contributed by atoms with Gasteiger partial charge in [-0.3, -0.25) is 4.79 Å². The Morgan fingerprint density at radius 1 is 1.20 bits per heavy atom. The van der Waals surface area contributed by atoms with Crippen LogP contribution in [0.15, 0.2) is 0 Å². The number of likely N-dealkylation sites (N-methyl/N-ethyl adjacent to an activating group) is 1. The smallest absolute Gasteiger partial charge is 0.239 e. The Balaban J connectivity index is 4.18. The number of nitrogens with zero attached hydrogens (tertiary/aromatic N) is 2. The highest BCUT2D eigenvalue weighted by Crippen LogP contribution is 1.99. The molecule has 0 saturated heterocycles. The van der Waals surface area contributed by atoms with E-state index in [0.717, 1.165) is 26.1 Å². The van der Waals surface area contributed by atoms with E-state index in [9.17, 15) is 4.79 Å². The molecule has 0 aromatic carbocycles. The fourth-order valence-corrected chi connectivity index (χ4v) is 1.33. The highest BCUT2D eigenvalue weighted by atomic mass is 16.2. The van der Waals surface area contributed by atoms with Crippen LogP contribution in [-0.4, -0.2) is 55.5 Å². The van der Waals surface area contributed by atoms with Crippen LogP contribution in [-0.2, 0) is 4.79 Å². The van der Waals surface area contributed by atoms with E-state index >= 15 is 0 Å². The number of hydrogen-bond donors (Lipinski definition) is 1. The molecule has 0 aliphatic rings. The van der Waals surface area contributed by atoms with Gasteiger partial charge in [0.15, 0.2) is 0 Å². The molecule has 15 heavy (non-hydrogen) atoms. The summed E-state index contributed by atoms with van der Waals surface area (Å²) in [7, 11) is 4.02. The summed E-state index contributed by atoms with van der Waals surface area (Å²) < 4.78 is 0. The lowest BCUT2D eigenvalue weighted by atomic mass is 10.2. The number of rotatable bonds is 7. The van der Waals surface area contributed by atoms with Gasteiger partial charge < -0.3 is 15.5 Å². The van der Waals surface area contributed by atoms with Gasteiger partial charge in [0.05, 0.1) is 6.04 Å². The maximum Gasteiger partial charge on any atom is 0.239 e. The van der Waals surface area contributed by atoms with Crippen LogP contribution < -0.4 is 5.73 Å². The topological polar surface area (TPSA) is 49.6 Å². The number of amides is 1. The fraction of sp³-hybridized carbons (Fsp3) is 0.909. The summed E-state index contributed by atoms with van der Waals surface area (Å²) in [4.78, 5) is 15.8. The molecule has 0 bridgehead atoms. The second kappa shape index (κ2) is 7.65. The van der Waals surface area contributed by atoms with E-state index in [1.807, 2.05) is 25.9 Å². The van der Waals surface area contributed by atoms with Crippen LogP contribution in [0.5, 0.6) is 0 Å². The van der Waals surface area contributed by atoms with E-state index in [0.29, 0.717) is 6.42 Å². The van der Waals surface area contributed by atoms with E-state index < -0.39 is 0 Å². The van der Waals surface area contributed by atoms with E-state index in [-0.39, 0.29) is 11.9 Å². The van der Waals surface area contributed by atoms with Gasteiger partial charge in [0.1, 0.15) is 0 Å². The first-order chi connectivity index (χ1) is 7.02. The van der Waals surface area contributed by atoms with Gasteiger partial charge in [-0.2, -0.15) is 0 Å². The van der Waals surface area contributed by atoms with Gasteiger partial charge in [0.2, 0.25) is 5.91 Å². The third kappa shape index (κ3) is 5.74. The van der Waals surface area contributed by atoms with Crippen molar-refractivity contribution in [2.24, 2.45) is 5.73 Å². The lowest BCUT2D eigenvalue weighted by Gasteiger charge is -2.26. The van der Waals surface area contributed by atoms with Crippen LogP contribution in [0.2, 0.25) is 0 Å². The minimum Gasteiger partial charge on any atom is -0.340 e. The van der Waals surface area contributed by atoms with E-state index in [1.54, 1.807) is 0 Å². The maximum atomic E-state index is 11.9. The van der Waals surface area contributed by atoms with Crippen LogP contribution in [0.1, 0.15) is 26.7 Å². The molecule has 90 valence electrons. The predicted molar refractivity (Wildman–Crippen MR) is 63.7 cm³/mol. The average Bonchev–Trinajstić information content (AvgIpc) is 2.21. The van der Waals surface area contributed by atoms with Gasteiger partial charge in [-0.1, -0.05) is 13.8 Å². The van der Waals surface area contributed by atoms with Crippen LogP contribution in [0, 0.1) is 0 Å². The third-order valence-corrected chi connectivity index (χ3v) is 2.38. The van der Waals surface area contributed by atoms with Crippen LogP contribution >= 0.6 is 0 Å². The van der Waals surface area contributed by atoms with Crippen molar-refractivity contribution >= 4 is 5.91 Å². The summed E-state index contributed by atoms with van der Waals surface area (Å²) in [6.07, 6.45) is 1.69. The second-order valence-electron chi connectivity index (χ2n) is 4.14. The van der Waals surface area contributed by atoms with Gasteiger partial charge in [-0.15, -0.1) is 0 Å². The van der Waals surface area contributed by atoms with E-state index in [4.69, 9.17) is 5.73 Å². The Labute approximate surface area is 93.4 Å². The van der Waals surface area contributed by atoms with Gasteiger partial charge in [0.25, 0.3) is 0 Å². The quantitative estimate of drug-likeness (QED) is 0.674. The molecular formula is C11H25N3O. The Bertz CT molecular complexity index is 183. The molecule has 0 radical (unpaired) electrons. The minimum absolute atomic E-state index is 0.0844. The lowest BCUT2D eigenvalue weighted by Crippen LogP contribution is -2.46. The van der Waals surface area contributed by atoms with Gasteiger partial charge >= 0.3 is 0 Å². The zero-order valence-electron chi connectivity index (χ0n) is 10.5. The molecule has 0 rings (SSSR count). The van der Waals surface area contributed by atoms with Crippen molar-refractivity contribution in [3.8, 4) is 0 Å². The predicted octanol–water partition coefficient (Wildman–Crippen LogP) is 0.524. The molecule has 0 aliphatic heterocycles. The zero-order chi connectivity index (χ0) is 11.8. The van der Waals surface area contributed by atoms with Gasteiger partial charge in [-0.05, 0) is 26.9 Å². The molecule has 0 aliphatic carbocycles. The molecule has 4 nitrogen and oxygen atoms in total. The molecule has 0 aromatic heterocycles. The van der Waals surface area contributed by atoms with E-state index in [2.05, 4.69) is 11.8 Å². The normalized spacial score (nSPS) is 12.9. The largest absolute Gasteiger partial charge is 0.340 e. The lowest BCUT2D eigenvalue weighted by molar-refractivity contribution is -0.132. The fourth-order valence-electron chi connectivity index (χ4n) is 1.33. The Hall–Kier alpha value is -0.610. The monoisotopic (exact) mass is 215 g/mol. The van der Waals surface area contributed by atoms with Crippen molar-refractivity contribution in [2.45, 2.75) is 32.7 Å².